The second-order valence-electron chi connectivity index (χ2n) is 6.01. The van der Waals surface area contributed by atoms with E-state index in [1.165, 1.54) is 29.9 Å². The molecule has 2 aromatic rings. The Labute approximate surface area is 139 Å². The standard InChI is InChI=1S/C16H16FN3O3S/c1-23-16-5-3-11(7-13(16)17)24(21,22)20-10-2-4-15(20)12-8-18-9-19-14(12)6-10/h3,5,7-10,15H,2,4,6H2,1H3. The molecule has 0 amide bonds. The summed E-state index contributed by atoms with van der Waals surface area (Å²) in [5.41, 5.74) is 1.76. The molecule has 1 saturated heterocycles. The molecule has 0 N–H and O–H groups in total. The Balaban J connectivity index is 1.77. The molecular formula is C16H16FN3O3S. The van der Waals surface area contributed by atoms with E-state index in [-0.39, 0.29) is 22.7 Å². The summed E-state index contributed by atoms with van der Waals surface area (Å²) < 4.78 is 46.5. The number of benzene rings is 1. The van der Waals surface area contributed by atoms with E-state index in [0.29, 0.717) is 6.42 Å². The Kier molecular flexibility index (Phi) is 3.54. The number of hydrogen-bond acceptors (Lipinski definition) is 5. The van der Waals surface area contributed by atoms with Gasteiger partial charge in [-0.05, 0) is 31.0 Å². The second kappa shape index (κ2) is 5.49. The van der Waals surface area contributed by atoms with Crippen LogP contribution in [0.3, 0.4) is 0 Å². The maximum atomic E-state index is 14.0. The van der Waals surface area contributed by atoms with Crippen molar-refractivity contribution < 1.29 is 17.5 Å². The van der Waals surface area contributed by atoms with Gasteiger partial charge in [0.15, 0.2) is 11.6 Å². The third kappa shape index (κ3) is 2.21. The van der Waals surface area contributed by atoms with Crippen molar-refractivity contribution in [2.75, 3.05) is 7.11 Å². The van der Waals surface area contributed by atoms with Crippen LogP contribution < -0.4 is 4.74 Å². The van der Waals surface area contributed by atoms with Crippen LogP contribution in [-0.4, -0.2) is 35.8 Å². The lowest BCUT2D eigenvalue weighted by Crippen LogP contribution is -2.42. The predicted octanol–water partition coefficient (Wildman–Crippen LogP) is 2.07. The van der Waals surface area contributed by atoms with Gasteiger partial charge in [-0.2, -0.15) is 4.31 Å². The number of rotatable bonds is 3. The monoisotopic (exact) mass is 349 g/mol. The molecule has 0 radical (unpaired) electrons. The van der Waals surface area contributed by atoms with Crippen molar-refractivity contribution in [2.45, 2.75) is 36.2 Å². The average Bonchev–Trinajstić information content (AvgIpc) is 2.91. The summed E-state index contributed by atoms with van der Waals surface area (Å²) in [6.07, 6.45) is 5.22. The zero-order valence-corrected chi connectivity index (χ0v) is 13.8. The summed E-state index contributed by atoms with van der Waals surface area (Å²) >= 11 is 0. The minimum absolute atomic E-state index is 0.0225. The van der Waals surface area contributed by atoms with Crippen molar-refractivity contribution >= 4 is 10.0 Å². The highest BCUT2D eigenvalue weighted by molar-refractivity contribution is 7.89. The smallest absolute Gasteiger partial charge is 0.244 e. The number of sulfonamides is 1. The highest BCUT2D eigenvalue weighted by atomic mass is 32.2. The first-order valence-electron chi connectivity index (χ1n) is 7.68. The molecule has 1 fully saturated rings. The molecule has 0 saturated carbocycles. The quantitative estimate of drug-likeness (QED) is 0.848. The molecule has 3 heterocycles. The molecule has 2 aliphatic rings. The third-order valence-corrected chi connectivity index (χ3v) is 6.71. The van der Waals surface area contributed by atoms with Gasteiger partial charge >= 0.3 is 0 Å². The van der Waals surface area contributed by atoms with Gasteiger partial charge in [-0.3, -0.25) is 0 Å². The number of ether oxygens (including phenoxy) is 1. The summed E-state index contributed by atoms with van der Waals surface area (Å²) in [4.78, 5) is 8.25. The lowest BCUT2D eigenvalue weighted by molar-refractivity contribution is 0.300. The number of methoxy groups -OCH3 is 1. The maximum Gasteiger partial charge on any atom is 0.244 e. The molecule has 8 heteroatoms. The normalized spacial score (nSPS) is 23.1. The van der Waals surface area contributed by atoms with Crippen molar-refractivity contribution in [3.63, 3.8) is 0 Å². The molecule has 2 atom stereocenters. The number of fused-ring (bicyclic) bond motifs is 4. The Hall–Kier alpha value is -2.06. The Morgan fingerprint density at radius 2 is 2.17 bits per heavy atom. The second-order valence-corrected chi connectivity index (χ2v) is 7.85. The third-order valence-electron chi connectivity index (χ3n) is 4.75. The van der Waals surface area contributed by atoms with Gasteiger partial charge in [-0.15, -0.1) is 0 Å². The molecule has 126 valence electrons. The van der Waals surface area contributed by atoms with Crippen LogP contribution in [-0.2, 0) is 16.4 Å². The predicted molar refractivity (Wildman–Crippen MR) is 83.5 cm³/mol. The fourth-order valence-corrected chi connectivity index (χ4v) is 5.54. The molecule has 0 spiro atoms. The van der Waals surface area contributed by atoms with E-state index < -0.39 is 15.8 Å². The van der Waals surface area contributed by atoms with Crippen LogP contribution in [0.2, 0.25) is 0 Å². The minimum atomic E-state index is -3.81. The van der Waals surface area contributed by atoms with Crippen LogP contribution in [0.4, 0.5) is 4.39 Å². The number of nitrogens with zero attached hydrogens (tertiary/aromatic N) is 3. The van der Waals surface area contributed by atoms with Gasteiger partial charge in [0.1, 0.15) is 6.33 Å². The zero-order chi connectivity index (χ0) is 16.9. The first-order valence-corrected chi connectivity index (χ1v) is 9.12. The fourth-order valence-electron chi connectivity index (χ4n) is 3.67. The van der Waals surface area contributed by atoms with E-state index >= 15 is 0 Å². The molecule has 2 bridgehead atoms. The van der Waals surface area contributed by atoms with Crippen LogP contribution in [0.5, 0.6) is 5.75 Å². The van der Waals surface area contributed by atoms with Crippen LogP contribution in [0.1, 0.15) is 30.1 Å². The Bertz CT molecular complexity index is 903. The van der Waals surface area contributed by atoms with Crippen molar-refractivity contribution in [2.24, 2.45) is 0 Å². The van der Waals surface area contributed by atoms with Crippen molar-refractivity contribution in [1.82, 2.24) is 14.3 Å². The van der Waals surface area contributed by atoms with E-state index in [2.05, 4.69) is 9.97 Å². The molecule has 1 aromatic heterocycles. The number of aromatic nitrogens is 2. The van der Waals surface area contributed by atoms with E-state index in [4.69, 9.17) is 4.74 Å². The lowest BCUT2D eigenvalue weighted by Gasteiger charge is -2.34. The van der Waals surface area contributed by atoms with Gasteiger partial charge in [-0.25, -0.2) is 22.8 Å². The molecule has 1 aromatic carbocycles. The van der Waals surface area contributed by atoms with Crippen molar-refractivity contribution in [3.05, 3.63) is 47.8 Å². The summed E-state index contributed by atoms with van der Waals surface area (Å²) in [6.45, 7) is 0. The summed E-state index contributed by atoms with van der Waals surface area (Å²) in [5, 5.41) is 0. The van der Waals surface area contributed by atoms with Crippen molar-refractivity contribution in [1.29, 1.82) is 0 Å². The van der Waals surface area contributed by atoms with Crippen LogP contribution in [0, 0.1) is 5.82 Å². The van der Waals surface area contributed by atoms with Crippen molar-refractivity contribution in [3.8, 4) is 5.75 Å². The van der Waals surface area contributed by atoms with Gasteiger partial charge in [0.25, 0.3) is 0 Å². The average molecular weight is 349 g/mol. The van der Waals surface area contributed by atoms with E-state index in [1.54, 1.807) is 6.20 Å². The molecular weight excluding hydrogens is 333 g/mol. The molecule has 4 rings (SSSR count). The molecule has 2 aliphatic heterocycles. The SMILES string of the molecule is COc1ccc(S(=O)(=O)N2C3CCC2c2cncnc2C3)cc1F. The van der Waals surface area contributed by atoms with Gasteiger partial charge in [-0.1, -0.05) is 0 Å². The highest BCUT2D eigenvalue weighted by Gasteiger charge is 2.47. The van der Waals surface area contributed by atoms with E-state index in [1.807, 2.05) is 0 Å². The summed E-state index contributed by atoms with van der Waals surface area (Å²) in [6, 6.07) is 3.31. The van der Waals surface area contributed by atoms with Gasteiger partial charge in [0.05, 0.1) is 23.7 Å². The van der Waals surface area contributed by atoms with E-state index in [9.17, 15) is 12.8 Å². The zero-order valence-electron chi connectivity index (χ0n) is 13.0. The first-order chi connectivity index (χ1) is 11.5. The fraction of sp³-hybridized carbons (Fsp3) is 0.375. The maximum absolute atomic E-state index is 14.0. The molecule has 0 aliphatic carbocycles. The molecule has 2 unspecified atom stereocenters. The van der Waals surface area contributed by atoms with Gasteiger partial charge in [0, 0.05) is 24.2 Å². The van der Waals surface area contributed by atoms with Crippen LogP contribution in [0.25, 0.3) is 0 Å². The minimum Gasteiger partial charge on any atom is -0.494 e. The topological polar surface area (TPSA) is 72.4 Å². The highest BCUT2D eigenvalue weighted by Crippen LogP contribution is 2.46. The van der Waals surface area contributed by atoms with Gasteiger partial charge < -0.3 is 4.74 Å². The first kappa shape index (κ1) is 15.5. The lowest BCUT2D eigenvalue weighted by atomic mass is 10.0. The Morgan fingerprint density at radius 1 is 1.33 bits per heavy atom. The van der Waals surface area contributed by atoms with Crippen LogP contribution >= 0.6 is 0 Å². The van der Waals surface area contributed by atoms with Gasteiger partial charge in [0.2, 0.25) is 10.0 Å². The van der Waals surface area contributed by atoms with E-state index in [0.717, 1.165) is 30.2 Å². The molecule has 24 heavy (non-hydrogen) atoms. The largest absolute Gasteiger partial charge is 0.494 e. The summed E-state index contributed by atoms with van der Waals surface area (Å²) in [7, 11) is -2.46. The van der Waals surface area contributed by atoms with Crippen LogP contribution in [0.15, 0.2) is 35.6 Å². The summed E-state index contributed by atoms with van der Waals surface area (Å²) in [5.74, 6) is -0.666. The number of hydrogen-bond donors (Lipinski definition) is 0. The Morgan fingerprint density at radius 3 is 2.92 bits per heavy atom. The number of halogens is 1. The molecule has 6 nitrogen and oxygen atoms in total.